The van der Waals surface area contributed by atoms with Gasteiger partial charge in [-0.2, -0.15) is 0 Å². The fraction of sp³-hybridized carbons (Fsp3) is 0.385. The standard InChI is InChI=1S/C13H15NO5/c15-11(16)13(6-7-18-9-13)14-12(17)19-8-10-4-2-1-3-5-10/h1-5H,6-9H2,(H,14,17)(H,15,16)/t13-/m0/s1. The lowest BCUT2D eigenvalue weighted by Gasteiger charge is -2.23. The van der Waals surface area contributed by atoms with E-state index in [-0.39, 0.29) is 19.6 Å². The number of amides is 1. The van der Waals surface area contributed by atoms with Gasteiger partial charge in [0.1, 0.15) is 6.61 Å². The second kappa shape index (κ2) is 5.71. The van der Waals surface area contributed by atoms with Gasteiger partial charge in [0.25, 0.3) is 0 Å². The third-order valence-electron chi connectivity index (χ3n) is 2.99. The fourth-order valence-corrected chi connectivity index (χ4v) is 1.84. The molecule has 102 valence electrons. The highest BCUT2D eigenvalue weighted by Crippen LogP contribution is 2.19. The maximum Gasteiger partial charge on any atom is 0.408 e. The number of ether oxygens (including phenoxy) is 2. The van der Waals surface area contributed by atoms with Gasteiger partial charge >= 0.3 is 12.1 Å². The Kier molecular flexibility index (Phi) is 4.01. The van der Waals surface area contributed by atoms with Crippen molar-refractivity contribution in [2.45, 2.75) is 18.6 Å². The molecule has 0 aliphatic carbocycles. The summed E-state index contributed by atoms with van der Waals surface area (Å²) < 4.78 is 10.0. The summed E-state index contributed by atoms with van der Waals surface area (Å²) >= 11 is 0. The van der Waals surface area contributed by atoms with Gasteiger partial charge in [-0.15, -0.1) is 0 Å². The molecular formula is C13H15NO5. The molecule has 2 N–H and O–H groups in total. The summed E-state index contributed by atoms with van der Waals surface area (Å²) in [6.45, 7) is 0.372. The number of alkyl carbamates (subject to hydrolysis) is 1. The Morgan fingerprint density at radius 2 is 2.11 bits per heavy atom. The minimum atomic E-state index is -1.37. The van der Waals surface area contributed by atoms with Crippen LogP contribution in [-0.2, 0) is 20.9 Å². The van der Waals surface area contributed by atoms with Gasteiger partial charge < -0.3 is 19.9 Å². The second-order valence-corrected chi connectivity index (χ2v) is 4.38. The molecule has 0 radical (unpaired) electrons. The van der Waals surface area contributed by atoms with E-state index in [0.717, 1.165) is 5.56 Å². The summed E-state index contributed by atoms with van der Waals surface area (Å²) in [5.41, 5.74) is -0.530. The number of hydrogen-bond donors (Lipinski definition) is 2. The van der Waals surface area contributed by atoms with Gasteiger partial charge in [0.15, 0.2) is 5.54 Å². The molecule has 6 heteroatoms. The third-order valence-corrected chi connectivity index (χ3v) is 2.99. The minimum absolute atomic E-state index is 0.0389. The highest BCUT2D eigenvalue weighted by Gasteiger charge is 2.44. The Morgan fingerprint density at radius 3 is 2.68 bits per heavy atom. The van der Waals surface area contributed by atoms with Gasteiger partial charge in [0, 0.05) is 13.0 Å². The van der Waals surface area contributed by atoms with Gasteiger partial charge in [0.05, 0.1) is 6.61 Å². The van der Waals surface area contributed by atoms with Crippen molar-refractivity contribution in [2.75, 3.05) is 13.2 Å². The molecule has 0 aromatic heterocycles. The van der Waals surface area contributed by atoms with E-state index in [0.29, 0.717) is 6.61 Å². The molecule has 0 saturated carbocycles. The van der Waals surface area contributed by atoms with Crippen molar-refractivity contribution in [3.05, 3.63) is 35.9 Å². The lowest BCUT2D eigenvalue weighted by atomic mass is 10.00. The summed E-state index contributed by atoms with van der Waals surface area (Å²) in [6, 6.07) is 9.16. The molecule has 1 aromatic rings. The van der Waals surface area contributed by atoms with E-state index in [1.165, 1.54) is 0 Å². The number of rotatable bonds is 4. The predicted molar refractivity (Wildman–Crippen MR) is 65.6 cm³/mol. The summed E-state index contributed by atoms with van der Waals surface area (Å²) in [5, 5.41) is 11.5. The van der Waals surface area contributed by atoms with Crippen molar-refractivity contribution in [1.82, 2.24) is 5.32 Å². The molecule has 1 amide bonds. The van der Waals surface area contributed by atoms with Crippen molar-refractivity contribution < 1.29 is 24.2 Å². The molecule has 1 fully saturated rings. The van der Waals surface area contributed by atoms with Crippen LogP contribution < -0.4 is 5.32 Å². The zero-order valence-corrected chi connectivity index (χ0v) is 10.3. The molecule has 0 unspecified atom stereocenters. The molecular weight excluding hydrogens is 250 g/mol. The quantitative estimate of drug-likeness (QED) is 0.853. The van der Waals surface area contributed by atoms with Gasteiger partial charge in [0.2, 0.25) is 0 Å². The van der Waals surface area contributed by atoms with Gasteiger partial charge in [-0.05, 0) is 5.56 Å². The average Bonchev–Trinajstić information content (AvgIpc) is 2.87. The molecule has 1 heterocycles. The van der Waals surface area contributed by atoms with E-state index >= 15 is 0 Å². The van der Waals surface area contributed by atoms with E-state index < -0.39 is 17.6 Å². The Labute approximate surface area is 110 Å². The van der Waals surface area contributed by atoms with Crippen LogP contribution in [0.15, 0.2) is 30.3 Å². The van der Waals surface area contributed by atoms with Crippen LogP contribution in [0, 0.1) is 0 Å². The summed E-state index contributed by atoms with van der Waals surface area (Å²) in [4.78, 5) is 22.8. The molecule has 1 atom stereocenters. The van der Waals surface area contributed by atoms with Crippen LogP contribution in [0.4, 0.5) is 4.79 Å². The molecule has 1 aliphatic rings. The Morgan fingerprint density at radius 1 is 1.37 bits per heavy atom. The van der Waals surface area contributed by atoms with Crippen molar-refractivity contribution in [2.24, 2.45) is 0 Å². The Hall–Kier alpha value is -2.08. The number of carbonyl (C=O) groups excluding carboxylic acids is 1. The highest BCUT2D eigenvalue weighted by atomic mass is 16.6. The number of nitrogens with one attached hydrogen (secondary N) is 1. The van der Waals surface area contributed by atoms with Gasteiger partial charge in [-0.1, -0.05) is 30.3 Å². The maximum absolute atomic E-state index is 11.6. The van der Waals surface area contributed by atoms with E-state index in [2.05, 4.69) is 5.32 Å². The van der Waals surface area contributed by atoms with E-state index in [4.69, 9.17) is 14.6 Å². The number of hydrogen-bond acceptors (Lipinski definition) is 4. The first kappa shape index (κ1) is 13.4. The van der Waals surface area contributed by atoms with Crippen LogP contribution >= 0.6 is 0 Å². The van der Waals surface area contributed by atoms with Crippen LogP contribution in [-0.4, -0.2) is 35.9 Å². The van der Waals surface area contributed by atoms with Crippen molar-refractivity contribution in [3.63, 3.8) is 0 Å². The number of benzene rings is 1. The number of aliphatic carboxylic acids is 1. The summed E-state index contributed by atoms with van der Waals surface area (Å²) in [6.07, 6.45) is -0.514. The normalized spacial score (nSPS) is 21.9. The SMILES string of the molecule is O=C(N[C@@]1(C(=O)O)CCOC1)OCc1ccccc1. The minimum Gasteiger partial charge on any atom is -0.479 e. The summed E-state index contributed by atoms with van der Waals surface area (Å²) in [5.74, 6) is -1.11. The number of carbonyl (C=O) groups is 2. The van der Waals surface area contributed by atoms with Gasteiger partial charge in [-0.3, -0.25) is 0 Å². The highest BCUT2D eigenvalue weighted by molar-refractivity contribution is 5.84. The van der Waals surface area contributed by atoms with Crippen LogP contribution in [0.5, 0.6) is 0 Å². The first-order valence-electron chi connectivity index (χ1n) is 5.92. The van der Waals surface area contributed by atoms with Crippen molar-refractivity contribution in [1.29, 1.82) is 0 Å². The van der Waals surface area contributed by atoms with E-state index in [1.807, 2.05) is 30.3 Å². The van der Waals surface area contributed by atoms with Crippen LogP contribution in [0.1, 0.15) is 12.0 Å². The third kappa shape index (κ3) is 3.23. The Balaban J connectivity index is 1.88. The predicted octanol–water partition coefficient (Wildman–Crippen LogP) is 1.16. The van der Waals surface area contributed by atoms with E-state index in [9.17, 15) is 9.59 Å². The fourth-order valence-electron chi connectivity index (χ4n) is 1.84. The smallest absolute Gasteiger partial charge is 0.408 e. The molecule has 1 aliphatic heterocycles. The molecule has 1 aromatic carbocycles. The van der Waals surface area contributed by atoms with Crippen LogP contribution in [0.3, 0.4) is 0 Å². The molecule has 6 nitrogen and oxygen atoms in total. The number of carboxylic acids is 1. The maximum atomic E-state index is 11.6. The largest absolute Gasteiger partial charge is 0.479 e. The number of carboxylic acid groups (broad SMARTS) is 1. The lowest BCUT2D eigenvalue weighted by Crippen LogP contribution is -2.55. The summed E-state index contributed by atoms with van der Waals surface area (Å²) in [7, 11) is 0. The molecule has 1 saturated heterocycles. The van der Waals surface area contributed by atoms with Crippen molar-refractivity contribution >= 4 is 12.1 Å². The van der Waals surface area contributed by atoms with Gasteiger partial charge in [-0.25, -0.2) is 9.59 Å². The van der Waals surface area contributed by atoms with Crippen LogP contribution in [0.25, 0.3) is 0 Å². The van der Waals surface area contributed by atoms with E-state index in [1.54, 1.807) is 0 Å². The zero-order chi connectivity index (χ0) is 13.7. The van der Waals surface area contributed by atoms with Crippen LogP contribution in [0.2, 0.25) is 0 Å². The van der Waals surface area contributed by atoms with Crippen molar-refractivity contribution in [3.8, 4) is 0 Å². The first-order valence-corrected chi connectivity index (χ1v) is 5.92. The monoisotopic (exact) mass is 265 g/mol. The molecule has 19 heavy (non-hydrogen) atoms. The molecule has 0 spiro atoms. The Bertz CT molecular complexity index is 453. The second-order valence-electron chi connectivity index (χ2n) is 4.38. The molecule has 2 rings (SSSR count). The zero-order valence-electron chi connectivity index (χ0n) is 10.3. The first-order chi connectivity index (χ1) is 9.12. The topological polar surface area (TPSA) is 84.9 Å². The lowest BCUT2D eigenvalue weighted by molar-refractivity contribution is -0.144. The average molecular weight is 265 g/mol. The molecule has 0 bridgehead atoms.